The molecule has 0 aliphatic heterocycles. The molecule has 0 aliphatic rings. The molecule has 1 amide bonds. The number of phosphoric acid groups is 1. The zero-order chi connectivity index (χ0) is 46.5. The number of hydrogen-bond donors (Lipinski definition) is 4. The number of aliphatic hydroxyl groups is 2. The highest BCUT2D eigenvalue weighted by molar-refractivity contribution is 7.47. The van der Waals surface area contributed by atoms with E-state index in [2.05, 4.69) is 122 Å². The number of nitrogens with zero attached hydrogens (tertiary/aromatic N) is 1. The van der Waals surface area contributed by atoms with Crippen LogP contribution in [0.4, 0.5) is 0 Å². The Balaban J connectivity index is 4.40. The quantitative estimate of drug-likeness (QED) is 0.0208. The molecule has 0 fully saturated rings. The van der Waals surface area contributed by atoms with E-state index in [1.807, 2.05) is 28.1 Å². The summed E-state index contributed by atoms with van der Waals surface area (Å²) >= 11 is 0. The van der Waals surface area contributed by atoms with E-state index in [-0.39, 0.29) is 18.9 Å². The topological polar surface area (TPSA) is 125 Å². The Bertz CT molecular complexity index is 1410. The Kier molecular flexibility index (Phi) is 41.1. The first-order chi connectivity index (χ1) is 30.4. The van der Waals surface area contributed by atoms with Gasteiger partial charge < -0.3 is 24.9 Å². The average molecular weight is 900 g/mol. The Morgan fingerprint density at radius 3 is 1.52 bits per heavy atom. The number of amides is 1. The van der Waals surface area contributed by atoms with E-state index in [1.54, 1.807) is 0 Å². The molecule has 4 unspecified atom stereocenters. The number of carbonyl (C=O) groups is 1. The van der Waals surface area contributed by atoms with Gasteiger partial charge in [-0.2, -0.15) is 0 Å². The summed E-state index contributed by atoms with van der Waals surface area (Å²) in [4.78, 5) is 23.2. The van der Waals surface area contributed by atoms with Crippen molar-refractivity contribution in [3.8, 4) is 0 Å². The van der Waals surface area contributed by atoms with Crippen LogP contribution in [0.15, 0.2) is 109 Å². The van der Waals surface area contributed by atoms with Crippen LogP contribution in [0.25, 0.3) is 0 Å². The normalized spacial score (nSPS) is 15.6. The Morgan fingerprint density at radius 1 is 0.587 bits per heavy atom. The summed E-state index contributed by atoms with van der Waals surface area (Å²) in [5.74, 6) is -0.290. The summed E-state index contributed by atoms with van der Waals surface area (Å²) in [5, 5.41) is 24.7. The minimum Gasteiger partial charge on any atom is -0.390 e. The van der Waals surface area contributed by atoms with Crippen LogP contribution >= 0.6 is 7.82 Å². The number of nitrogens with one attached hydrogen (secondary N) is 1. The highest BCUT2D eigenvalue weighted by Gasteiger charge is 2.31. The first-order valence-electron chi connectivity index (χ1n) is 24.3. The average Bonchev–Trinajstić information content (AvgIpc) is 3.24. The molecule has 0 aromatic heterocycles. The predicted octanol–water partition coefficient (Wildman–Crippen LogP) is 13.1. The van der Waals surface area contributed by atoms with E-state index in [0.29, 0.717) is 30.3 Å². The van der Waals surface area contributed by atoms with Gasteiger partial charge in [-0.25, -0.2) is 4.57 Å². The fourth-order valence-electron chi connectivity index (χ4n) is 6.30. The lowest BCUT2D eigenvalue weighted by Crippen LogP contribution is -2.51. The van der Waals surface area contributed by atoms with Crippen molar-refractivity contribution in [2.45, 2.75) is 180 Å². The summed E-state index contributed by atoms with van der Waals surface area (Å²) < 4.78 is 23.5. The van der Waals surface area contributed by atoms with E-state index < -0.39 is 32.7 Å². The SMILES string of the molecule is C/C=C/CC/C=C/CC/C=C/CCCC(O)C(O)C(COP(=O)(O)OCC[N+](C)(C)C)NC(=O)CCCCCCCCCC/C=C\C/C=C\C/C=C\C/C=C\C/C=C\C/C=C\CC. The molecule has 0 rings (SSSR count). The fraction of sp³-hybridized carbons (Fsp3) is 0.642. The van der Waals surface area contributed by atoms with Crippen molar-refractivity contribution >= 4 is 13.7 Å². The molecular weight excluding hydrogens is 808 g/mol. The highest BCUT2D eigenvalue weighted by Crippen LogP contribution is 2.43. The molecule has 63 heavy (non-hydrogen) atoms. The van der Waals surface area contributed by atoms with Crippen LogP contribution in [-0.4, -0.2) is 84.6 Å². The minimum atomic E-state index is -4.44. The van der Waals surface area contributed by atoms with Crippen molar-refractivity contribution in [2.75, 3.05) is 40.9 Å². The number of aliphatic hydroxyl groups excluding tert-OH is 2. The summed E-state index contributed by atoms with van der Waals surface area (Å²) in [6, 6.07) is -1.07. The lowest BCUT2D eigenvalue weighted by Gasteiger charge is -2.28. The van der Waals surface area contributed by atoms with Gasteiger partial charge in [0.25, 0.3) is 0 Å². The van der Waals surface area contributed by atoms with E-state index in [0.717, 1.165) is 96.3 Å². The van der Waals surface area contributed by atoms with Crippen molar-refractivity contribution in [3.63, 3.8) is 0 Å². The van der Waals surface area contributed by atoms with Gasteiger partial charge in [-0.15, -0.1) is 0 Å². The second-order valence-electron chi connectivity index (χ2n) is 17.2. The van der Waals surface area contributed by atoms with Gasteiger partial charge in [-0.3, -0.25) is 13.8 Å². The molecular formula is C53H92N2O7P+. The van der Waals surface area contributed by atoms with E-state index >= 15 is 0 Å². The molecule has 9 nitrogen and oxygen atoms in total. The third-order valence-corrected chi connectivity index (χ3v) is 11.1. The minimum absolute atomic E-state index is 0.00413. The highest BCUT2D eigenvalue weighted by atomic mass is 31.2. The van der Waals surface area contributed by atoms with Gasteiger partial charge in [0.2, 0.25) is 5.91 Å². The maximum atomic E-state index is 12.9. The lowest BCUT2D eigenvalue weighted by atomic mass is 10.0. The van der Waals surface area contributed by atoms with E-state index in [1.165, 1.54) is 25.7 Å². The largest absolute Gasteiger partial charge is 0.472 e. The summed E-state index contributed by atoms with van der Waals surface area (Å²) in [6.45, 7) is 4.21. The molecule has 0 saturated heterocycles. The van der Waals surface area contributed by atoms with E-state index in [9.17, 15) is 24.5 Å². The van der Waals surface area contributed by atoms with Gasteiger partial charge in [0.1, 0.15) is 19.3 Å². The van der Waals surface area contributed by atoms with Gasteiger partial charge in [-0.1, -0.05) is 155 Å². The van der Waals surface area contributed by atoms with Crippen LogP contribution in [0.2, 0.25) is 0 Å². The van der Waals surface area contributed by atoms with Crippen LogP contribution in [0.1, 0.15) is 162 Å². The Hall–Kier alpha value is -2.88. The molecule has 0 heterocycles. The third-order valence-electron chi connectivity index (χ3n) is 10.1. The molecule has 4 atom stereocenters. The number of hydrogen-bond acceptors (Lipinski definition) is 6. The fourth-order valence-corrected chi connectivity index (χ4v) is 7.04. The molecule has 360 valence electrons. The number of rotatable bonds is 42. The monoisotopic (exact) mass is 900 g/mol. The standard InChI is InChI=1S/C53H91N2O7P/c1-6-8-10-12-14-16-18-20-21-22-23-24-25-26-27-28-29-30-31-32-33-34-36-38-40-42-44-46-52(57)54-50(49-62-63(59,60)61-48-47-55(3,4)5)53(58)51(56)45-43-41-39-37-35-19-17-15-13-11-9-7-2/h7-10,14-17,20-21,23-24,26-27,29-30,37,39,50-51,53,56,58H,6,11-13,18-19,22,25,28,31-36,38,40-49H2,1-5H3,(H-,54,57,59,60)/p+1/b9-7+,10-8-,16-14-,17-15+,21-20-,24-23-,27-26-,30-29-,39-37+. The number of unbranched alkanes of at least 4 members (excludes halogenated alkanes) is 11. The van der Waals surface area contributed by atoms with Crippen molar-refractivity contribution in [1.29, 1.82) is 0 Å². The first kappa shape index (κ1) is 60.1. The third kappa shape index (κ3) is 44.1. The van der Waals surface area contributed by atoms with Crippen LogP contribution in [0.5, 0.6) is 0 Å². The Labute approximate surface area is 385 Å². The van der Waals surface area contributed by atoms with Crippen LogP contribution in [0, 0.1) is 0 Å². The maximum Gasteiger partial charge on any atom is 0.472 e. The van der Waals surface area contributed by atoms with Crippen LogP contribution in [0.3, 0.4) is 0 Å². The number of likely N-dealkylation sites (N-methyl/N-ethyl adjacent to an activating group) is 1. The molecule has 0 aromatic carbocycles. The van der Waals surface area contributed by atoms with Crippen molar-refractivity contribution in [1.82, 2.24) is 5.32 Å². The number of allylic oxidation sites excluding steroid dienone is 18. The molecule has 4 N–H and O–H groups in total. The molecule has 0 bridgehead atoms. The number of carbonyl (C=O) groups excluding carboxylic acids is 1. The van der Waals surface area contributed by atoms with Crippen molar-refractivity contribution in [2.24, 2.45) is 0 Å². The predicted molar refractivity (Wildman–Crippen MR) is 268 cm³/mol. The second kappa shape index (κ2) is 43.0. The van der Waals surface area contributed by atoms with Gasteiger partial charge in [0.05, 0.1) is 39.9 Å². The molecule has 10 heteroatoms. The summed E-state index contributed by atoms with van der Waals surface area (Å²) in [6.07, 6.45) is 58.9. The molecule has 0 aromatic rings. The van der Waals surface area contributed by atoms with Gasteiger partial charge in [0, 0.05) is 6.42 Å². The maximum absolute atomic E-state index is 12.9. The van der Waals surface area contributed by atoms with Gasteiger partial charge in [-0.05, 0) is 110 Å². The van der Waals surface area contributed by atoms with Gasteiger partial charge >= 0.3 is 7.82 Å². The summed E-state index contributed by atoms with van der Waals surface area (Å²) in [5.41, 5.74) is 0. The van der Waals surface area contributed by atoms with Crippen molar-refractivity contribution < 1.29 is 38.0 Å². The smallest absolute Gasteiger partial charge is 0.390 e. The second-order valence-corrected chi connectivity index (χ2v) is 18.7. The van der Waals surface area contributed by atoms with Crippen LogP contribution < -0.4 is 5.32 Å². The van der Waals surface area contributed by atoms with E-state index in [4.69, 9.17) is 9.05 Å². The van der Waals surface area contributed by atoms with Gasteiger partial charge in [0.15, 0.2) is 0 Å². The number of quaternary nitrogens is 1. The van der Waals surface area contributed by atoms with Crippen LogP contribution in [-0.2, 0) is 18.4 Å². The lowest BCUT2D eigenvalue weighted by molar-refractivity contribution is -0.870. The molecule has 0 saturated carbocycles. The molecule has 0 aliphatic carbocycles. The van der Waals surface area contributed by atoms with Crippen molar-refractivity contribution in [3.05, 3.63) is 109 Å². The first-order valence-corrected chi connectivity index (χ1v) is 25.8. The molecule has 0 radical (unpaired) electrons. The zero-order valence-corrected chi connectivity index (χ0v) is 41.3. The zero-order valence-electron chi connectivity index (χ0n) is 40.4. The Morgan fingerprint density at radius 2 is 1.02 bits per heavy atom. The summed E-state index contributed by atoms with van der Waals surface area (Å²) in [7, 11) is 1.38. The number of phosphoric ester groups is 1. The molecule has 0 spiro atoms.